The number of hydrazone groups is 1. The predicted octanol–water partition coefficient (Wildman–Crippen LogP) is 3.88. The highest BCUT2D eigenvalue weighted by Crippen LogP contribution is 2.28. The minimum Gasteiger partial charge on any atom is -0.494 e. The molecule has 2 aromatic heterocycles. The van der Waals surface area contributed by atoms with Crippen LogP contribution in [0, 0.1) is 10.1 Å². The number of carbonyl (C=O) groups excluding carboxylic acids is 1. The van der Waals surface area contributed by atoms with Crippen molar-refractivity contribution in [1.82, 2.24) is 25.2 Å². The molecule has 0 saturated heterocycles. The maximum Gasteiger partial charge on any atom is 0.278 e. The number of hydrogen-bond donors (Lipinski definition) is 1. The highest BCUT2D eigenvalue weighted by molar-refractivity contribution is 7.99. The van der Waals surface area contributed by atoms with Crippen LogP contribution in [-0.2, 0) is 4.79 Å². The van der Waals surface area contributed by atoms with Crippen molar-refractivity contribution in [2.45, 2.75) is 12.1 Å². The van der Waals surface area contributed by atoms with E-state index < -0.39 is 10.8 Å². The molecule has 12 heteroatoms. The van der Waals surface area contributed by atoms with Crippen LogP contribution < -0.4 is 10.2 Å². The normalized spacial score (nSPS) is 10.9. The van der Waals surface area contributed by atoms with Crippen molar-refractivity contribution < 1.29 is 14.5 Å². The lowest BCUT2D eigenvalue weighted by atomic mass is 10.2. The molecule has 4 rings (SSSR count). The first-order chi connectivity index (χ1) is 17.6. The molecular weight excluding hydrogens is 482 g/mol. The monoisotopic (exact) mass is 503 g/mol. The fourth-order valence-corrected chi connectivity index (χ4v) is 3.98. The topological polar surface area (TPSA) is 137 Å². The molecule has 0 aliphatic carbocycles. The summed E-state index contributed by atoms with van der Waals surface area (Å²) in [5.41, 5.74) is 4.13. The van der Waals surface area contributed by atoms with Gasteiger partial charge in [-0.25, -0.2) is 5.43 Å². The molecule has 2 heterocycles. The Morgan fingerprint density at radius 1 is 1.17 bits per heavy atom. The lowest BCUT2D eigenvalue weighted by Gasteiger charge is -2.11. The molecule has 1 amide bonds. The largest absolute Gasteiger partial charge is 0.494 e. The van der Waals surface area contributed by atoms with Gasteiger partial charge in [-0.3, -0.25) is 24.5 Å². The zero-order valence-corrected chi connectivity index (χ0v) is 20.0. The summed E-state index contributed by atoms with van der Waals surface area (Å²) in [6.07, 6.45) is 4.60. The van der Waals surface area contributed by atoms with Crippen molar-refractivity contribution >= 4 is 29.6 Å². The van der Waals surface area contributed by atoms with Crippen LogP contribution in [0.3, 0.4) is 0 Å². The predicted molar refractivity (Wildman–Crippen MR) is 135 cm³/mol. The lowest BCUT2D eigenvalue weighted by molar-refractivity contribution is -0.385. The van der Waals surface area contributed by atoms with Crippen LogP contribution in [0.1, 0.15) is 12.5 Å². The number of amides is 1. The summed E-state index contributed by atoms with van der Waals surface area (Å²) in [6, 6.07) is 17.3. The molecule has 0 unspecified atom stereocenters. The van der Waals surface area contributed by atoms with Crippen LogP contribution in [0.5, 0.6) is 5.75 Å². The first kappa shape index (κ1) is 24.5. The highest BCUT2D eigenvalue weighted by Gasteiger charge is 2.18. The summed E-state index contributed by atoms with van der Waals surface area (Å²) in [4.78, 5) is 27.2. The van der Waals surface area contributed by atoms with E-state index >= 15 is 0 Å². The van der Waals surface area contributed by atoms with Crippen molar-refractivity contribution in [2.24, 2.45) is 5.10 Å². The first-order valence-electron chi connectivity index (χ1n) is 10.8. The third kappa shape index (κ3) is 5.91. The summed E-state index contributed by atoms with van der Waals surface area (Å²) in [5, 5.41) is 24.1. The van der Waals surface area contributed by atoms with Gasteiger partial charge >= 0.3 is 0 Å². The molecule has 2 aromatic carbocycles. The number of para-hydroxylation sites is 1. The van der Waals surface area contributed by atoms with Crippen molar-refractivity contribution in [3.63, 3.8) is 0 Å². The van der Waals surface area contributed by atoms with Gasteiger partial charge in [-0.2, -0.15) is 5.10 Å². The molecule has 36 heavy (non-hydrogen) atoms. The van der Waals surface area contributed by atoms with Crippen LogP contribution in [-0.4, -0.2) is 49.2 Å². The Bertz CT molecular complexity index is 1370. The Morgan fingerprint density at radius 2 is 1.97 bits per heavy atom. The number of hydrogen-bond acceptors (Lipinski definition) is 9. The van der Waals surface area contributed by atoms with Gasteiger partial charge in [0.25, 0.3) is 11.6 Å². The molecule has 0 radical (unpaired) electrons. The van der Waals surface area contributed by atoms with Crippen molar-refractivity contribution in [3.05, 3.63) is 88.7 Å². The van der Waals surface area contributed by atoms with E-state index in [0.717, 1.165) is 17.0 Å². The number of nitrogens with zero attached hydrogens (tertiary/aromatic N) is 6. The Balaban J connectivity index is 1.50. The Kier molecular flexibility index (Phi) is 7.98. The third-order valence-electron chi connectivity index (χ3n) is 4.82. The average molecular weight is 504 g/mol. The zero-order valence-electron chi connectivity index (χ0n) is 19.1. The molecule has 0 aliphatic rings. The van der Waals surface area contributed by atoms with E-state index in [2.05, 4.69) is 25.7 Å². The molecule has 0 saturated carbocycles. The van der Waals surface area contributed by atoms with E-state index in [0.29, 0.717) is 17.6 Å². The fraction of sp³-hybridized carbons (Fsp3) is 0.125. The highest BCUT2D eigenvalue weighted by atomic mass is 32.2. The second-order valence-corrected chi connectivity index (χ2v) is 8.15. The number of nitro benzene ring substituents is 1. The summed E-state index contributed by atoms with van der Waals surface area (Å²) in [5.74, 6) is 0.905. The fourth-order valence-electron chi connectivity index (χ4n) is 3.24. The second kappa shape index (κ2) is 11.7. The number of nitrogens with one attached hydrogen (secondary N) is 1. The van der Waals surface area contributed by atoms with Gasteiger partial charge in [0, 0.05) is 29.7 Å². The number of aromatic nitrogens is 4. The molecule has 1 N–H and O–H groups in total. The van der Waals surface area contributed by atoms with Crippen LogP contribution in [0.2, 0.25) is 0 Å². The molecular formula is C24H21N7O4S. The molecule has 0 fully saturated rings. The number of benzene rings is 2. The molecule has 182 valence electrons. The molecule has 0 bridgehead atoms. The van der Waals surface area contributed by atoms with Crippen molar-refractivity contribution in [3.8, 4) is 22.8 Å². The van der Waals surface area contributed by atoms with Gasteiger partial charge < -0.3 is 4.74 Å². The van der Waals surface area contributed by atoms with Gasteiger partial charge in [-0.05, 0) is 49.4 Å². The number of rotatable bonds is 10. The van der Waals surface area contributed by atoms with E-state index in [9.17, 15) is 14.9 Å². The summed E-state index contributed by atoms with van der Waals surface area (Å²) in [6.45, 7) is 2.47. The summed E-state index contributed by atoms with van der Waals surface area (Å²) in [7, 11) is 0. The maximum absolute atomic E-state index is 12.4. The van der Waals surface area contributed by atoms with Crippen LogP contribution in [0.15, 0.2) is 83.3 Å². The first-order valence-corrected chi connectivity index (χ1v) is 11.8. The van der Waals surface area contributed by atoms with Crippen molar-refractivity contribution in [1.29, 1.82) is 0 Å². The Morgan fingerprint density at radius 3 is 2.69 bits per heavy atom. The van der Waals surface area contributed by atoms with Crippen molar-refractivity contribution in [2.75, 3.05) is 12.4 Å². The zero-order chi connectivity index (χ0) is 25.3. The van der Waals surface area contributed by atoms with Gasteiger partial charge in [0.1, 0.15) is 5.75 Å². The number of carbonyl (C=O) groups is 1. The van der Waals surface area contributed by atoms with Gasteiger partial charge in [0.15, 0.2) is 11.0 Å². The van der Waals surface area contributed by atoms with E-state index in [-0.39, 0.29) is 17.0 Å². The van der Waals surface area contributed by atoms with E-state index in [1.54, 1.807) is 30.6 Å². The average Bonchev–Trinajstić information content (AvgIpc) is 3.33. The Hall–Kier alpha value is -4.58. The molecule has 0 spiro atoms. The van der Waals surface area contributed by atoms with E-state index in [4.69, 9.17) is 4.74 Å². The van der Waals surface area contributed by atoms with Crippen LogP contribution in [0.25, 0.3) is 17.1 Å². The SMILES string of the molecule is CCOc1ccc(-n2c(SCC(=O)NN=Cc3ccccc3[N+](=O)[O-])nnc2-c2cccnc2)cc1. The van der Waals surface area contributed by atoms with Gasteiger partial charge in [0.05, 0.1) is 29.1 Å². The number of thioether (sulfide) groups is 1. The summed E-state index contributed by atoms with van der Waals surface area (Å²) < 4.78 is 7.37. The minimum absolute atomic E-state index is 0.00355. The third-order valence-corrected chi connectivity index (χ3v) is 5.75. The quantitative estimate of drug-likeness (QED) is 0.149. The molecule has 0 aliphatic heterocycles. The van der Waals surface area contributed by atoms with Gasteiger partial charge in [0.2, 0.25) is 0 Å². The number of ether oxygens (including phenoxy) is 1. The van der Waals surface area contributed by atoms with Gasteiger partial charge in [-0.1, -0.05) is 23.9 Å². The summed E-state index contributed by atoms with van der Waals surface area (Å²) >= 11 is 1.18. The Labute approximate surface area is 210 Å². The molecule has 4 aromatic rings. The van der Waals surface area contributed by atoms with Crippen LogP contribution in [0.4, 0.5) is 5.69 Å². The van der Waals surface area contributed by atoms with Gasteiger partial charge in [-0.15, -0.1) is 10.2 Å². The molecule has 0 atom stereocenters. The molecule has 11 nitrogen and oxygen atoms in total. The second-order valence-electron chi connectivity index (χ2n) is 7.21. The van der Waals surface area contributed by atoms with Crippen LogP contribution >= 0.6 is 11.8 Å². The standard InChI is InChI=1S/C24H21N7O4S/c1-2-35-20-11-9-19(10-12-20)30-23(18-7-5-13-25-14-18)28-29-24(30)36-16-22(32)27-26-15-17-6-3-4-8-21(17)31(33)34/h3-15H,2,16H2,1H3,(H,27,32). The lowest BCUT2D eigenvalue weighted by Crippen LogP contribution is -2.20. The maximum atomic E-state index is 12.4. The number of pyridine rings is 1. The smallest absolute Gasteiger partial charge is 0.278 e. The van der Waals surface area contributed by atoms with E-state index in [1.807, 2.05) is 47.9 Å². The number of nitro groups is 1. The minimum atomic E-state index is -0.507. The van der Waals surface area contributed by atoms with E-state index in [1.165, 1.54) is 24.0 Å².